The fourth-order valence-electron chi connectivity index (χ4n) is 2.01. The molecule has 0 aliphatic carbocycles. The van der Waals surface area contributed by atoms with Gasteiger partial charge in [-0.3, -0.25) is 9.13 Å². The molecule has 0 fully saturated rings. The summed E-state index contributed by atoms with van der Waals surface area (Å²) in [5.74, 6) is 0. The van der Waals surface area contributed by atoms with Crippen LogP contribution in [0, 0.1) is 0 Å². The molecule has 6 nitrogen and oxygen atoms in total. The van der Waals surface area contributed by atoms with Gasteiger partial charge < -0.3 is 18.7 Å². The van der Waals surface area contributed by atoms with Crippen molar-refractivity contribution in [1.82, 2.24) is 0 Å². The fourth-order valence-corrected chi connectivity index (χ4v) is 5.30. The molecule has 0 bridgehead atoms. The summed E-state index contributed by atoms with van der Waals surface area (Å²) in [5.41, 5.74) is 0.885. The molecule has 0 amide bonds. The minimum Gasteiger partial charge on any atom is -0.386 e. The first kappa shape index (κ1) is 20.6. The molecule has 1 N–H and O–H groups in total. The summed E-state index contributed by atoms with van der Waals surface area (Å²) in [7, 11) is -6.32. The van der Waals surface area contributed by atoms with Gasteiger partial charge in [-0.05, 0) is 25.8 Å². The smallest absolute Gasteiger partial charge is 0.330 e. The van der Waals surface area contributed by atoms with Crippen molar-refractivity contribution in [2.75, 3.05) is 31.9 Å². The first-order valence-corrected chi connectivity index (χ1v) is 11.4. The first-order valence-electron chi connectivity index (χ1n) is 7.72. The summed E-state index contributed by atoms with van der Waals surface area (Å²) in [6.45, 7) is 4.24. The highest BCUT2D eigenvalue weighted by molar-refractivity contribution is 7.58. The van der Waals surface area contributed by atoms with Crippen LogP contribution in [0.2, 0.25) is 0 Å². The highest BCUT2D eigenvalue weighted by Gasteiger charge is 2.27. The molecule has 0 radical (unpaired) electrons. The fraction of sp³-hybridized carbons (Fsp3) is 0.600. The summed E-state index contributed by atoms with van der Waals surface area (Å²) in [6.07, 6.45) is 0.102. The van der Waals surface area contributed by atoms with Crippen molar-refractivity contribution in [2.24, 2.45) is 0 Å². The molecule has 132 valence electrons. The second kappa shape index (κ2) is 10.4. The second-order valence-electron chi connectivity index (χ2n) is 4.96. The van der Waals surface area contributed by atoms with E-state index in [1.807, 2.05) is 30.3 Å². The predicted molar refractivity (Wildman–Crippen MR) is 91.1 cm³/mol. The van der Waals surface area contributed by atoms with E-state index in [0.29, 0.717) is 19.6 Å². The lowest BCUT2D eigenvalue weighted by Crippen LogP contribution is -2.05. The summed E-state index contributed by atoms with van der Waals surface area (Å²) >= 11 is 0. The van der Waals surface area contributed by atoms with Crippen molar-refractivity contribution in [2.45, 2.75) is 26.9 Å². The lowest BCUT2D eigenvalue weighted by molar-refractivity contribution is 0.220. The standard InChI is InChI=1S/C15H26O6P2/c1-3-19-23(18,20-4-2)12-8-11-22(17,14-16)21-13-15-9-6-5-7-10-15/h5-7,9-10,16H,3-4,8,11-14H2,1-2H3. The van der Waals surface area contributed by atoms with E-state index in [1.54, 1.807) is 13.8 Å². The maximum Gasteiger partial charge on any atom is 0.330 e. The van der Waals surface area contributed by atoms with Gasteiger partial charge in [-0.1, -0.05) is 30.3 Å². The number of rotatable bonds is 12. The average molecular weight is 364 g/mol. The van der Waals surface area contributed by atoms with Gasteiger partial charge in [0.15, 0.2) is 0 Å². The van der Waals surface area contributed by atoms with E-state index in [9.17, 15) is 14.2 Å². The number of aliphatic hydroxyl groups is 1. The Morgan fingerprint density at radius 3 is 2.09 bits per heavy atom. The molecule has 1 atom stereocenters. The van der Waals surface area contributed by atoms with Crippen LogP contribution in [-0.4, -0.2) is 37.0 Å². The molecule has 1 rings (SSSR count). The van der Waals surface area contributed by atoms with E-state index in [0.717, 1.165) is 5.56 Å². The van der Waals surface area contributed by atoms with Gasteiger partial charge in [-0.25, -0.2) is 0 Å². The van der Waals surface area contributed by atoms with Crippen LogP contribution >= 0.6 is 15.0 Å². The quantitative estimate of drug-likeness (QED) is 0.563. The van der Waals surface area contributed by atoms with E-state index >= 15 is 0 Å². The molecule has 0 spiro atoms. The summed E-state index contributed by atoms with van der Waals surface area (Å²) < 4.78 is 40.7. The van der Waals surface area contributed by atoms with Gasteiger partial charge in [0, 0.05) is 6.16 Å². The van der Waals surface area contributed by atoms with Crippen LogP contribution in [0.4, 0.5) is 0 Å². The third-order valence-electron chi connectivity index (χ3n) is 3.11. The Balaban J connectivity index is 2.51. The van der Waals surface area contributed by atoms with Crippen LogP contribution in [0.15, 0.2) is 30.3 Å². The SMILES string of the molecule is CCOP(=O)(CCCP(=O)(CO)OCc1ccccc1)OCC. The minimum atomic E-state index is -3.17. The Labute approximate surface area is 138 Å². The molecule has 0 saturated heterocycles. The lowest BCUT2D eigenvalue weighted by Gasteiger charge is -2.19. The van der Waals surface area contributed by atoms with Gasteiger partial charge in [0.1, 0.15) is 6.35 Å². The largest absolute Gasteiger partial charge is 0.386 e. The van der Waals surface area contributed by atoms with Crippen LogP contribution in [0.25, 0.3) is 0 Å². The molecule has 8 heteroatoms. The van der Waals surface area contributed by atoms with Crippen molar-refractivity contribution in [1.29, 1.82) is 0 Å². The van der Waals surface area contributed by atoms with Crippen molar-refractivity contribution in [3.63, 3.8) is 0 Å². The molecule has 23 heavy (non-hydrogen) atoms. The average Bonchev–Trinajstić information content (AvgIpc) is 2.54. The Hall–Kier alpha value is -0.480. The lowest BCUT2D eigenvalue weighted by atomic mass is 10.2. The predicted octanol–water partition coefficient (Wildman–Crippen LogP) is 4.09. The summed E-state index contributed by atoms with van der Waals surface area (Å²) in [4.78, 5) is 0. The maximum absolute atomic E-state index is 12.5. The van der Waals surface area contributed by atoms with Crippen molar-refractivity contribution in [3.8, 4) is 0 Å². The van der Waals surface area contributed by atoms with Crippen LogP contribution in [0.5, 0.6) is 0 Å². The number of hydrogen-bond acceptors (Lipinski definition) is 6. The van der Waals surface area contributed by atoms with Crippen molar-refractivity contribution < 1.29 is 27.8 Å². The van der Waals surface area contributed by atoms with Crippen molar-refractivity contribution >= 4 is 15.0 Å². The van der Waals surface area contributed by atoms with E-state index in [4.69, 9.17) is 13.6 Å². The maximum atomic E-state index is 12.5. The van der Waals surface area contributed by atoms with E-state index < -0.39 is 21.3 Å². The Bertz CT molecular complexity index is 524. The zero-order valence-electron chi connectivity index (χ0n) is 13.7. The normalized spacial score (nSPS) is 14.6. The molecule has 0 aliphatic rings. The van der Waals surface area contributed by atoms with Gasteiger partial charge in [-0.15, -0.1) is 0 Å². The topological polar surface area (TPSA) is 82.1 Å². The Morgan fingerprint density at radius 2 is 1.57 bits per heavy atom. The molecule has 0 heterocycles. The van der Waals surface area contributed by atoms with E-state index in [2.05, 4.69) is 0 Å². The number of hydrogen-bond donors (Lipinski definition) is 1. The molecular formula is C15H26O6P2. The zero-order valence-corrected chi connectivity index (χ0v) is 15.5. The molecule has 0 aliphatic heterocycles. The molecular weight excluding hydrogens is 338 g/mol. The molecule has 0 saturated carbocycles. The van der Waals surface area contributed by atoms with Gasteiger partial charge in [-0.2, -0.15) is 0 Å². The highest BCUT2D eigenvalue weighted by atomic mass is 31.2. The molecule has 1 unspecified atom stereocenters. The monoisotopic (exact) mass is 364 g/mol. The third-order valence-corrected chi connectivity index (χ3v) is 7.30. The van der Waals surface area contributed by atoms with Crippen LogP contribution in [-0.2, 0) is 29.3 Å². The van der Waals surface area contributed by atoms with E-state index in [1.165, 1.54) is 0 Å². The Kier molecular flexibility index (Phi) is 9.30. The minimum absolute atomic E-state index is 0.139. The second-order valence-corrected chi connectivity index (χ2v) is 9.76. The molecule has 1 aromatic carbocycles. The van der Waals surface area contributed by atoms with Crippen molar-refractivity contribution in [3.05, 3.63) is 35.9 Å². The Morgan fingerprint density at radius 1 is 0.957 bits per heavy atom. The molecule has 0 aromatic heterocycles. The van der Waals surface area contributed by atoms with Gasteiger partial charge >= 0.3 is 7.60 Å². The van der Waals surface area contributed by atoms with E-state index in [-0.39, 0.29) is 18.9 Å². The third kappa shape index (κ3) is 7.75. The van der Waals surface area contributed by atoms with Gasteiger partial charge in [0.05, 0.1) is 26.0 Å². The highest BCUT2D eigenvalue weighted by Crippen LogP contribution is 2.52. The number of benzene rings is 1. The first-order chi connectivity index (χ1) is 11.0. The van der Waals surface area contributed by atoms with Gasteiger partial charge in [0.2, 0.25) is 7.37 Å². The van der Waals surface area contributed by atoms with Crippen LogP contribution in [0.1, 0.15) is 25.8 Å². The van der Waals surface area contributed by atoms with Crippen LogP contribution < -0.4 is 0 Å². The van der Waals surface area contributed by atoms with Gasteiger partial charge in [0.25, 0.3) is 0 Å². The molecule has 1 aromatic rings. The summed E-state index contributed by atoms with van der Waals surface area (Å²) in [6, 6.07) is 9.33. The van der Waals surface area contributed by atoms with Crippen LogP contribution in [0.3, 0.4) is 0 Å². The number of aliphatic hydroxyl groups excluding tert-OH is 1. The zero-order chi connectivity index (χ0) is 17.2. The summed E-state index contributed by atoms with van der Waals surface area (Å²) in [5, 5.41) is 9.38.